The normalized spacial score (nSPS) is 19.3. The number of benzene rings is 2. The largest absolute Gasteiger partial charge is 0.494 e. The molecule has 0 radical (unpaired) electrons. The second kappa shape index (κ2) is 13.3. The van der Waals surface area contributed by atoms with E-state index in [-0.39, 0.29) is 36.5 Å². The van der Waals surface area contributed by atoms with Gasteiger partial charge in [-0.05, 0) is 80.9 Å². The summed E-state index contributed by atoms with van der Waals surface area (Å²) < 4.78 is 11.1. The lowest BCUT2D eigenvalue weighted by Crippen LogP contribution is -2.41. The first-order chi connectivity index (χ1) is 18.9. The van der Waals surface area contributed by atoms with Crippen molar-refractivity contribution in [2.24, 2.45) is 0 Å². The van der Waals surface area contributed by atoms with Crippen LogP contribution in [-0.2, 0) is 19.2 Å². The Morgan fingerprint density at radius 2 is 1.05 bits per heavy atom. The lowest BCUT2D eigenvalue weighted by atomic mass is 10.2. The Labute approximate surface area is 228 Å². The Morgan fingerprint density at radius 3 is 1.41 bits per heavy atom. The first-order valence-electron chi connectivity index (χ1n) is 13.6. The fourth-order valence-corrected chi connectivity index (χ4v) is 4.59. The van der Waals surface area contributed by atoms with Crippen molar-refractivity contribution < 1.29 is 28.7 Å². The molecule has 2 atom stereocenters. The molecule has 2 aromatic carbocycles. The first-order valence-corrected chi connectivity index (χ1v) is 13.6. The monoisotopic (exact) mass is 536 g/mol. The van der Waals surface area contributed by atoms with E-state index in [2.05, 4.69) is 10.6 Å². The maximum Gasteiger partial charge on any atom is 0.251 e. The predicted molar refractivity (Wildman–Crippen MR) is 147 cm³/mol. The highest BCUT2D eigenvalue weighted by Crippen LogP contribution is 2.26. The second-order valence-corrected chi connectivity index (χ2v) is 9.59. The Bertz CT molecular complexity index is 1080. The highest BCUT2D eigenvalue weighted by molar-refractivity contribution is 6.23. The zero-order valence-corrected chi connectivity index (χ0v) is 22.5. The number of anilines is 2. The van der Waals surface area contributed by atoms with Gasteiger partial charge in [-0.1, -0.05) is 13.8 Å². The number of carbonyl (C=O) groups excluding carboxylic acids is 4. The summed E-state index contributed by atoms with van der Waals surface area (Å²) in [6, 6.07) is 12.7. The molecule has 4 rings (SSSR count). The molecule has 0 aromatic heterocycles. The van der Waals surface area contributed by atoms with E-state index >= 15 is 0 Å². The van der Waals surface area contributed by atoms with Gasteiger partial charge in [0, 0.05) is 0 Å². The SMILES string of the molecule is CCCOc1ccc(N2C(=O)CC(NCCCNC3CC(=O)N(c4ccc(OCCC)cc4)C3=O)C2=O)cc1. The number of hydrogen-bond acceptors (Lipinski definition) is 8. The molecular formula is C29H36N4O6. The third-order valence-electron chi connectivity index (χ3n) is 6.56. The molecule has 208 valence electrons. The number of amides is 4. The van der Waals surface area contributed by atoms with Crippen LogP contribution < -0.4 is 29.9 Å². The predicted octanol–water partition coefficient (Wildman–Crippen LogP) is 2.80. The summed E-state index contributed by atoms with van der Waals surface area (Å²) in [5.74, 6) is 0.322. The van der Waals surface area contributed by atoms with Crippen LogP contribution >= 0.6 is 0 Å². The van der Waals surface area contributed by atoms with Gasteiger partial charge in [-0.3, -0.25) is 19.2 Å². The fraction of sp³-hybridized carbons (Fsp3) is 0.448. The van der Waals surface area contributed by atoms with Crippen molar-refractivity contribution >= 4 is 35.0 Å². The standard InChI is InChI=1S/C29H36N4O6/c1-3-16-38-22-10-6-20(7-11-22)32-26(34)18-24(28(32)36)30-14-5-15-31-25-19-27(35)33(29(25)37)21-8-12-23(13-9-21)39-17-4-2/h6-13,24-25,30-31H,3-5,14-19H2,1-2H3. The quantitative estimate of drug-likeness (QED) is 0.280. The molecule has 39 heavy (non-hydrogen) atoms. The summed E-state index contributed by atoms with van der Waals surface area (Å²) >= 11 is 0. The van der Waals surface area contributed by atoms with Crippen LogP contribution in [0, 0.1) is 0 Å². The van der Waals surface area contributed by atoms with E-state index in [4.69, 9.17) is 9.47 Å². The van der Waals surface area contributed by atoms with Gasteiger partial charge in [0.1, 0.15) is 11.5 Å². The molecule has 2 heterocycles. The molecule has 0 aliphatic carbocycles. The smallest absolute Gasteiger partial charge is 0.251 e. The van der Waals surface area contributed by atoms with Gasteiger partial charge >= 0.3 is 0 Å². The van der Waals surface area contributed by atoms with Crippen molar-refractivity contribution in [3.63, 3.8) is 0 Å². The number of imide groups is 2. The summed E-state index contributed by atoms with van der Waals surface area (Å²) in [4.78, 5) is 53.2. The van der Waals surface area contributed by atoms with Crippen LogP contribution in [0.15, 0.2) is 48.5 Å². The average Bonchev–Trinajstić information content (AvgIpc) is 3.39. The van der Waals surface area contributed by atoms with Crippen molar-refractivity contribution in [1.82, 2.24) is 10.6 Å². The van der Waals surface area contributed by atoms with Crippen molar-refractivity contribution in [2.75, 3.05) is 36.1 Å². The molecule has 2 saturated heterocycles. The molecule has 2 N–H and O–H groups in total. The van der Waals surface area contributed by atoms with Crippen LogP contribution in [0.2, 0.25) is 0 Å². The fourth-order valence-electron chi connectivity index (χ4n) is 4.59. The summed E-state index contributed by atoms with van der Waals surface area (Å²) in [7, 11) is 0. The van der Waals surface area contributed by atoms with E-state index in [1.807, 2.05) is 13.8 Å². The van der Waals surface area contributed by atoms with Crippen LogP contribution in [0.4, 0.5) is 11.4 Å². The van der Waals surface area contributed by atoms with E-state index in [1.165, 1.54) is 9.80 Å². The summed E-state index contributed by atoms with van der Waals surface area (Å²) in [5.41, 5.74) is 1.05. The van der Waals surface area contributed by atoms with Gasteiger partial charge < -0.3 is 20.1 Å². The second-order valence-electron chi connectivity index (χ2n) is 9.59. The lowest BCUT2D eigenvalue weighted by molar-refractivity contribution is -0.123. The first kappa shape index (κ1) is 28.3. The molecule has 0 bridgehead atoms. The minimum Gasteiger partial charge on any atom is -0.494 e. The maximum absolute atomic E-state index is 12.9. The molecule has 2 aromatic rings. The summed E-state index contributed by atoms with van der Waals surface area (Å²) in [6.07, 6.45) is 2.58. The number of nitrogens with zero attached hydrogens (tertiary/aromatic N) is 2. The van der Waals surface area contributed by atoms with Gasteiger partial charge in [0.05, 0.1) is 49.5 Å². The highest BCUT2D eigenvalue weighted by Gasteiger charge is 2.40. The van der Waals surface area contributed by atoms with E-state index in [0.717, 1.165) is 12.8 Å². The van der Waals surface area contributed by atoms with E-state index in [1.54, 1.807) is 48.5 Å². The number of hydrogen-bond donors (Lipinski definition) is 2. The van der Waals surface area contributed by atoms with Crippen molar-refractivity contribution in [3.05, 3.63) is 48.5 Å². The Balaban J connectivity index is 1.21. The van der Waals surface area contributed by atoms with Crippen LogP contribution in [0.25, 0.3) is 0 Å². The molecule has 2 aliphatic heterocycles. The Hall–Kier alpha value is -3.76. The molecule has 2 aliphatic rings. The van der Waals surface area contributed by atoms with Crippen LogP contribution in [0.1, 0.15) is 46.0 Å². The van der Waals surface area contributed by atoms with Gasteiger partial charge in [0.25, 0.3) is 11.8 Å². The molecule has 0 saturated carbocycles. The molecular weight excluding hydrogens is 500 g/mol. The number of carbonyl (C=O) groups is 4. The van der Waals surface area contributed by atoms with Gasteiger partial charge in [0.2, 0.25) is 11.8 Å². The molecule has 10 nitrogen and oxygen atoms in total. The number of rotatable bonds is 14. The molecule has 0 spiro atoms. The zero-order valence-electron chi connectivity index (χ0n) is 22.5. The molecule has 10 heteroatoms. The van der Waals surface area contributed by atoms with Crippen molar-refractivity contribution in [1.29, 1.82) is 0 Å². The minimum absolute atomic E-state index is 0.0905. The van der Waals surface area contributed by atoms with E-state index in [9.17, 15) is 19.2 Å². The highest BCUT2D eigenvalue weighted by atomic mass is 16.5. The van der Waals surface area contributed by atoms with Crippen LogP contribution in [0.3, 0.4) is 0 Å². The zero-order chi connectivity index (χ0) is 27.8. The Kier molecular flexibility index (Phi) is 9.67. The minimum atomic E-state index is -0.594. The topological polar surface area (TPSA) is 117 Å². The molecule has 2 fully saturated rings. The summed E-state index contributed by atoms with van der Waals surface area (Å²) in [5, 5.41) is 6.30. The van der Waals surface area contributed by atoms with Crippen molar-refractivity contribution in [2.45, 2.75) is 58.0 Å². The third-order valence-corrected chi connectivity index (χ3v) is 6.56. The molecule has 2 unspecified atom stereocenters. The van der Waals surface area contributed by atoms with E-state index in [0.29, 0.717) is 55.6 Å². The lowest BCUT2D eigenvalue weighted by Gasteiger charge is -2.17. The average molecular weight is 537 g/mol. The third kappa shape index (κ3) is 6.82. The van der Waals surface area contributed by atoms with Gasteiger partial charge in [0.15, 0.2) is 0 Å². The van der Waals surface area contributed by atoms with E-state index < -0.39 is 12.1 Å². The van der Waals surface area contributed by atoms with Crippen molar-refractivity contribution in [3.8, 4) is 11.5 Å². The van der Waals surface area contributed by atoms with Gasteiger partial charge in [-0.15, -0.1) is 0 Å². The number of nitrogens with one attached hydrogen (secondary N) is 2. The van der Waals surface area contributed by atoms with Crippen LogP contribution in [0.5, 0.6) is 11.5 Å². The Morgan fingerprint density at radius 1 is 0.667 bits per heavy atom. The maximum atomic E-state index is 12.9. The number of ether oxygens (including phenoxy) is 2. The molecule has 4 amide bonds. The van der Waals surface area contributed by atoms with Gasteiger partial charge in [-0.25, -0.2) is 9.80 Å². The van der Waals surface area contributed by atoms with Gasteiger partial charge in [-0.2, -0.15) is 0 Å². The van der Waals surface area contributed by atoms with Crippen LogP contribution in [-0.4, -0.2) is 62.0 Å². The summed E-state index contributed by atoms with van der Waals surface area (Å²) in [6.45, 7) is 6.21.